The van der Waals surface area contributed by atoms with E-state index < -0.39 is 0 Å². The second-order valence-corrected chi connectivity index (χ2v) is 9.96. The SMILES string of the molecule is COc1cc(-c2ccccc2)c(C)cc1Nc1ncc(Br)c(Nc2cc(C)c(-c3ccccc3)cc2OC)n1. The van der Waals surface area contributed by atoms with Gasteiger partial charge in [0.25, 0.3) is 0 Å². The van der Waals surface area contributed by atoms with Gasteiger partial charge < -0.3 is 20.1 Å². The third-order valence-electron chi connectivity index (χ3n) is 6.51. The van der Waals surface area contributed by atoms with Gasteiger partial charge in [-0.3, -0.25) is 0 Å². The summed E-state index contributed by atoms with van der Waals surface area (Å²) in [5.74, 6) is 2.46. The number of nitrogens with one attached hydrogen (secondary N) is 2. The van der Waals surface area contributed by atoms with Crippen LogP contribution >= 0.6 is 15.9 Å². The summed E-state index contributed by atoms with van der Waals surface area (Å²) in [6.07, 6.45) is 1.72. The molecule has 0 aliphatic rings. The Balaban J connectivity index is 1.44. The molecule has 0 radical (unpaired) electrons. The highest BCUT2D eigenvalue weighted by atomic mass is 79.9. The molecule has 0 bridgehead atoms. The second-order valence-electron chi connectivity index (χ2n) is 9.11. The molecule has 5 rings (SSSR count). The van der Waals surface area contributed by atoms with Crippen LogP contribution in [0.5, 0.6) is 11.5 Å². The predicted octanol–water partition coefficient (Wildman–Crippen LogP) is 8.69. The van der Waals surface area contributed by atoms with Gasteiger partial charge in [0.15, 0.2) is 0 Å². The Kier molecular flexibility index (Phi) is 7.79. The number of aryl methyl sites for hydroxylation is 2. The van der Waals surface area contributed by atoms with Crippen LogP contribution < -0.4 is 20.1 Å². The molecule has 5 aromatic rings. The van der Waals surface area contributed by atoms with Crippen molar-refractivity contribution in [3.8, 4) is 33.8 Å². The molecule has 196 valence electrons. The number of nitrogens with zero attached hydrogens (tertiary/aromatic N) is 2. The van der Waals surface area contributed by atoms with Gasteiger partial charge >= 0.3 is 0 Å². The molecule has 4 aromatic carbocycles. The van der Waals surface area contributed by atoms with Crippen molar-refractivity contribution in [3.63, 3.8) is 0 Å². The lowest BCUT2D eigenvalue weighted by Crippen LogP contribution is -2.04. The van der Waals surface area contributed by atoms with Crippen molar-refractivity contribution in [1.82, 2.24) is 9.97 Å². The first-order valence-corrected chi connectivity index (χ1v) is 13.3. The van der Waals surface area contributed by atoms with Crippen molar-refractivity contribution in [2.45, 2.75) is 13.8 Å². The van der Waals surface area contributed by atoms with Crippen LogP contribution in [0.25, 0.3) is 22.3 Å². The van der Waals surface area contributed by atoms with Crippen LogP contribution in [-0.2, 0) is 0 Å². The van der Waals surface area contributed by atoms with E-state index >= 15 is 0 Å². The van der Waals surface area contributed by atoms with Gasteiger partial charge in [-0.1, -0.05) is 60.7 Å². The zero-order valence-electron chi connectivity index (χ0n) is 22.2. The first-order chi connectivity index (χ1) is 19.0. The van der Waals surface area contributed by atoms with Gasteiger partial charge in [-0.15, -0.1) is 0 Å². The maximum absolute atomic E-state index is 5.74. The Hall–Kier alpha value is -4.36. The Bertz CT molecular complexity index is 1610. The molecule has 0 saturated heterocycles. The number of ether oxygens (including phenoxy) is 2. The minimum absolute atomic E-state index is 0.433. The molecule has 0 fully saturated rings. The molecule has 6 nitrogen and oxygen atoms in total. The fraction of sp³-hybridized carbons (Fsp3) is 0.125. The molecular weight excluding hydrogens is 552 g/mol. The highest BCUT2D eigenvalue weighted by molar-refractivity contribution is 9.10. The average molecular weight is 582 g/mol. The normalized spacial score (nSPS) is 10.7. The van der Waals surface area contributed by atoms with E-state index in [1.54, 1.807) is 20.4 Å². The number of hydrogen-bond donors (Lipinski definition) is 2. The van der Waals surface area contributed by atoms with Crippen molar-refractivity contribution >= 4 is 39.1 Å². The maximum atomic E-state index is 5.74. The summed E-state index contributed by atoms with van der Waals surface area (Å²) in [5.41, 5.74) is 8.31. The largest absolute Gasteiger partial charge is 0.495 e. The number of benzene rings is 4. The van der Waals surface area contributed by atoms with Crippen LogP contribution in [0.2, 0.25) is 0 Å². The Morgan fingerprint density at radius 3 is 1.64 bits per heavy atom. The Morgan fingerprint density at radius 1 is 0.667 bits per heavy atom. The Morgan fingerprint density at radius 2 is 1.15 bits per heavy atom. The smallest absolute Gasteiger partial charge is 0.229 e. The number of methoxy groups -OCH3 is 2. The van der Waals surface area contributed by atoms with Crippen molar-refractivity contribution in [2.75, 3.05) is 24.9 Å². The number of aromatic nitrogens is 2. The summed E-state index contributed by atoms with van der Waals surface area (Å²) in [4.78, 5) is 9.22. The molecule has 0 aliphatic carbocycles. The lowest BCUT2D eigenvalue weighted by Gasteiger charge is -2.17. The fourth-order valence-corrected chi connectivity index (χ4v) is 4.82. The number of halogens is 1. The summed E-state index contributed by atoms with van der Waals surface area (Å²) in [7, 11) is 3.33. The van der Waals surface area contributed by atoms with Crippen LogP contribution in [-0.4, -0.2) is 24.2 Å². The van der Waals surface area contributed by atoms with Crippen LogP contribution in [0.15, 0.2) is 95.6 Å². The van der Waals surface area contributed by atoms with E-state index in [0.717, 1.165) is 49.2 Å². The summed E-state index contributed by atoms with van der Waals surface area (Å²) >= 11 is 3.58. The quantitative estimate of drug-likeness (QED) is 0.191. The second kappa shape index (κ2) is 11.6. The monoisotopic (exact) mass is 580 g/mol. The van der Waals surface area contributed by atoms with Gasteiger partial charge in [-0.25, -0.2) is 4.98 Å². The number of anilines is 4. The molecule has 0 unspecified atom stereocenters. The van der Waals surface area contributed by atoms with Crippen molar-refractivity contribution in [2.24, 2.45) is 0 Å². The van der Waals surface area contributed by atoms with Gasteiger partial charge in [0.2, 0.25) is 5.95 Å². The van der Waals surface area contributed by atoms with Crippen LogP contribution in [0.4, 0.5) is 23.1 Å². The lowest BCUT2D eigenvalue weighted by atomic mass is 9.99. The van der Waals surface area contributed by atoms with Gasteiger partial charge in [0.05, 0.1) is 30.1 Å². The standard InChI is InChI=1S/C32H29BrN4O2/c1-20-15-27(29(38-3)17-24(20)22-11-7-5-8-12-22)35-31-26(33)19-34-32(37-31)36-28-16-21(2)25(18-30(28)39-4)23-13-9-6-10-14-23/h5-19H,1-4H3,(H2,34,35,36,37). The minimum atomic E-state index is 0.433. The van der Waals surface area contributed by atoms with Gasteiger partial charge in [-0.2, -0.15) is 4.98 Å². The molecule has 0 aliphatic heterocycles. The van der Waals surface area contributed by atoms with Gasteiger partial charge in [-0.05, 0) is 87.4 Å². The lowest BCUT2D eigenvalue weighted by molar-refractivity contribution is 0.417. The van der Waals surface area contributed by atoms with E-state index in [1.165, 1.54) is 0 Å². The first kappa shape index (κ1) is 26.3. The zero-order chi connectivity index (χ0) is 27.4. The van der Waals surface area contributed by atoms with E-state index in [4.69, 9.17) is 14.5 Å². The van der Waals surface area contributed by atoms with Gasteiger partial charge in [0, 0.05) is 6.20 Å². The van der Waals surface area contributed by atoms with E-state index in [9.17, 15) is 0 Å². The van der Waals surface area contributed by atoms with Gasteiger partial charge in [0.1, 0.15) is 17.3 Å². The van der Waals surface area contributed by atoms with E-state index in [2.05, 4.69) is 75.7 Å². The third-order valence-corrected chi connectivity index (χ3v) is 7.09. The molecule has 1 aromatic heterocycles. The minimum Gasteiger partial charge on any atom is -0.495 e. The van der Waals surface area contributed by atoms with E-state index in [-0.39, 0.29) is 0 Å². The first-order valence-electron chi connectivity index (χ1n) is 12.5. The van der Waals surface area contributed by atoms with Crippen molar-refractivity contribution < 1.29 is 9.47 Å². The van der Waals surface area contributed by atoms with E-state index in [0.29, 0.717) is 23.3 Å². The molecule has 2 N–H and O–H groups in total. The predicted molar refractivity (Wildman–Crippen MR) is 163 cm³/mol. The van der Waals surface area contributed by atoms with Crippen molar-refractivity contribution in [1.29, 1.82) is 0 Å². The average Bonchev–Trinajstić information content (AvgIpc) is 2.96. The van der Waals surface area contributed by atoms with Crippen LogP contribution in [0.3, 0.4) is 0 Å². The van der Waals surface area contributed by atoms with E-state index in [1.807, 2.05) is 54.6 Å². The van der Waals surface area contributed by atoms with Crippen LogP contribution in [0.1, 0.15) is 11.1 Å². The highest BCUT2D eigenvalue weighted by Gasteiger charge is 2.15. The molecule has 39 heavy (non-hydrogen) atoms. The molecule has 0 amide bonds. The summed E-state index contributed by atoms with van der Waals surface area (Å²) in [6, 6.07) is 28.7. The molecular formula is C32H29BrN4O2. The number of hydrogen-bond acceptors (Lipinski definition) is 6. The molecule has 1 heterocycles. The van der Waals surface area contributed by atoms with Crippen molar-refractivity contribution in [3.05, 3.63) is 107 Å². The zero-order valence-corrected chi connectivity index (χ0v) is 23.8. The summed E-state index contributed by atoms with van der Waals surface area (Å²) < 4.78 is 12.2. The topological polar surface area (TPSA) is 68.3 Å². The summed E-state index contributed by atoms with van der Waals surface area (Å²) in [6.45, 7) is 4.17. The highest BCUT2D eigenvalue weighted by Crippen LogP contribution is 2.38. The number of rotatable bonds is 8. The molecule has 0 saturated carbocycles. The fourth-order valence-electron chi connectivity index (χ4n) is 4.53. The summed E-state index contributed by atoms with van der Waals surface area (Å²) in [5, 5.41) is 6.74. The van der Waals surface area contributed by atoms with Crippen LogP contribution in [0, 0.1) is 13.8 Å². The Labute approximate surface area is 237 Å². The molecule has 7 heteroatoms. The third kappa shape index (κ3) is 5.73. The molecule has 0 spiro atoms. The molecule has 0 atom stereocenters. The maximum Gasteiger partial charge on any atom is 0.229 e.